The highest BCUT2D eigenvalue weighted by atomic mass is 16.5. The molecule has 126 valence electrons. The number of methoxy groups -OCH3 is 2. The molecule has 1 aromatic carbocycles. The molecular weight excluding hydrogens is 292 g/mol. The van der Waals surface area contributed by atoms with Gasteiger partial charge in [0, 0.05) is 45.1 Å². The monoisotopic (exact) mass is 318 g/mol. The molecule has 0 bridgehead atoms. The summed E-state index contributed by atoms with van der Waals surface area (Å²) in [4.78, 5) is 9.26. The Balaban J connectivity index is 1.62. The van der Waals surface area contributed by atoms with Gasteiger partial charge in [0.25, 0.3) is 0 Å². The summed E-state index contributed by atoms with van der Waals surface area (Å²) in [5, 5.41) is 0. The summed E-state index contributed by atoms with van der Waals surface area (Å²) in [7, 11) is 3.44. The summed E-state index contributed by atoms with van der Waals surface area (Å²) in [5.74, 6) is 0.870. The van der Waals surface area contributed by atoms with Gasteiger partial charge in [-0.15, -0.1) is 0 Å². The van der Waals surface area contributed by atoms with Crippen LogP contribution < -0.4 is 15.4 Å². The molecule has 2 aliphatic rings. The standard InChI is InChI=1S/C17H26N4O2/c1-22-13-3-4-15-16(11-13)21(8-6-19-15)10-9-20-7-5-14(18)17(12-20)23-2/h3-4,6,11,14,17H,5,7-10,12,18H2,1-2H3/t14-,17+/m0/s1. The smallest absolute Gasteiger partial charge is 0.121 e. The molecule has 1 aromatic rings. The number of ether oxygens (including phenoxy) is 2. The Morgan fingerprint density at radius 2 is 2.17 bits per heavy atom. The van der Waals surface area contributed by atoms with E-state index in [2.05, 4.69) is 20.9 Å². The Morgan fingerprint density at radius 1 is 1.30 bits per heavy atom. The van der Waals surface area contributed by atoms with Crippen molar-refractivity contribution in [3.8, 4) is 5.75 Å². The normalized spacial score (nSPS) is 24.6. The number of hydrogen-bond donors (Lipinski definition) is 1. The van der Waals surface area contributed by atoms with Crippen molar-refractivity contribution in [3.63, 3.8) is 0 Å². The van der Waals surface area contributed by atoms with Crippen LogP contribution >= 0.6 is 0 Å². The van der Waals surface area contributed by atoms with E-state index in [0.29, 0.717) is 0 Å². The molecular formula is C17H26N4O2. The van der Waals surface area contributed by atoms with Gasteiger partial charge in [0.2, 0.25) is 0 Å². The second kappa shape index (κ2) is 7.29. The van der Waals surface area contributed by atoms with Crippen LogP contribution in [0.1, 0.15) is 6.42 Å². The predicted molar refractivity (Wildman–Crippen MR) is 93.2 cm³/mol. The van der Waals surface area contributed by atoms with Crippen LogP contribution in [-0.2, 0) is 4.74 Å². The molecule has 0 radical (unpaired) electrons. The quantitative estimate of drug-likeness (QED) is 0.886. The van der Waals surface area contributed by atoms with Gasteiger partial charge < -0.3 is 20.1 Å². The van der Waals surface area contributed by atoms with Crippen LogP contribution in [0.2, 0.25) is 0 Å². The molecule has 0 aromatic heterocycles. The number of nitrogens with two attached hydrogens (primary N) is 1. The summed E-state index contributed by atoms with van der Waals surface area (Å²) in [6.45, 7) is 4.73. The zero-order valence-electron chi connectivity index (χ0n) is 13.9. The van der Waals surface area contributed by atoms with Crippen LogP contribution in [0.3, 0.4) is 0 Å². The van der Waals surface area contributed by atoms with Crippen molar-refractivity contribution >= 4 is 17.6 Å². The lowest BCUT2D eigenvalue weighted by Gasteiger charge is -2.37. The van der Waals surface area contributed by atoms with Crippen LogP contribution in [0.15, 0.2) is 23.2 Å². The van der Waals surface area contributed by atoms with E-state index in [-0.39, 0.29) is 12.1 Å². The number of benzene rings is 1. The molecule has 0 spiro atoms. The van der Waals surface area contributed by atoms with E-state index in [1.165, 1.54) is 0 Å². The zero-order valence-corrected chi connectivity index (χ0v) is 13.9. The van der Waals surface area contributed by atoms with Crippen molar-refractivity contribution in [1.29, 1.82) is 0 Å². The van der Waals surface area contributed by atoms with E-state index in [1.807, 2.05) is 18.3 Å². The number of fused-ring (bicyclic) bond motifs is 1. The number of hydrogen-bond acceptors (Lipinski definition) is 6. The second-order valence-electron chi connectivity index (χ2n) is 6.14. The minimum Gasteiger partial charge on any atom is -0.497 e. The van der Waals surface area contributed by atoms with Gasteiger partial charge in [-0.05, 0) is 25.1 Å². The third-order valence-electron chi connectivity index (χ3n) is 4.74. The first-order valence-corrected chi connectivity index (χ1v) is 8.17. The molecule has 0 amide bonds. The van der Waals surface area contributed by atoms with Crippen LogP contribution in [0.25, 0.3) is 0 Å². The van der Waals surface area contributed by atoms with Gasteiger partial charge in [0.05, 0.1) is 31.1 Å². The zero-order chi connectivity index (χ0) is 16.2. The second-order valence-corrected chi connectivity index (χ2v) is 6.14. The van der Waals surface area contributed by atoms with Crippen molar-refractivity contribution < 1.29 is 9.47 Å². The number of aliphatic imine (C=N–C) groups is 1. The molecule has 2 atom stereocenters. The average molecular weight is 318 g/mol. The number of rotatable bonds is 5. The maximum atomic E-state index is 6.09. The molecule has 2 aliphatic heterocycles. The maximum Gasteiger partial charge on any atom is 0.121 e. The molecule has 2 N–H and O–H groups in total. The molecule has 6 heteroatoms. The molecule has 0 aliphatic carbocycles. The van der Waals surface area contributed by atoms with Gasteiger partial charge in [-0.2, -0.15) is 0 Å². The average Bonchev–Trinajstić information content (AvgIpc) is 2.60. The highest BCUT2D eigenvalue weighted by Crippen LogP contribution is 2.34. The summed E-state index contributed by atoms with van der Waals surface area (Å²) in [6.07, 6.45) is 3.10. The van der Waals surface area contributed by atoms with Crippen LogP contribution in [0.4, 0.5) is 11.4 Å². The third-order valence-corrected chi connectivity index (χ3v) is 4.74. The number of likely N-dealkylation sites (tertiary alicyclic amines) is 1. The Kier molecular flexibility index (Phi) is 5.15. The summed E-state index contributed by atoms with van der Waals surface area (Å²) >= 11 is 0. The number of anilines is 1. The molecule has 1 saturated heterocycles. The minimum absolute atomic E-state index is 0.138. The number of piperidine rings is 1. The summed E-state index contributed by atoms with van der Waals surface area (Å²) < 4.78 is 10.8. The van der Waals surface area contributed by atoms with Gasteiger partial charge in [-0.3, -0.25) is 9.89 Å². The first kappa shape index (κ1) is 16.2. The van der Waals surface area contributed by atoms with Gasteiger partial charge in [-0.25, -0.2) is 0 Å². The maximum absolute atomic E-state index is 6.09. The Hall–Kier alpha value is -1.63. The fourth-order valence-corrected chi connectivity index (χ4v) is 3.25. The Morgan fingerprint density at radius 3 is 2.96 bits per heavy atom. The first-order chi connectivity index (χ1) is 11.2. The van der Waals surface area contributed by atoms with Crippen molar-refractivity contribution in [1.82, 2.24) is 4.90 Å². The molecule has 2 heterocycles. The fourth-order valence-electron chi connectivity index (χ4n) is 3.25. The van der Waals surface area contributed by atoms with E-state index in [4.69, 9.17) is 15.2 Å². The van der Waals surface area contributed by atoms with Crippen LogP contribution in [0.5, 0.6) is 5.75 Å². The first-order valence-electron chi connectivity index (χ1n) is 8.17. The van der Waals surface area contributed by atoms with Crippen molar-refractivity contribution in [3.05, 3.63) is 18.2 Å². The Bertz CT molecular complexity index is 564. The molecule has 0 saturated carbocycles. The van der Waals surface area contributed by atoms with Crippen molar-refractivity contribution in [2.45, 2.75) is 18.6 Å². The van der Waals surface area contributed by atoms with Gasteiger partial charge in [-0.1, -0.05) is 0 Å². The molecule has 3 rings (SSSR count). The summed E-state index contributed by atoms with van der Waals surface area (Å²) in [5.41, 5.74) is 8.24. The van der Waals surface area contributed by atoms with E-state index in [0.717, 1.165) is 56.3 Å². The Labute approximate surface area is 137 Å². The van der Waals surface area contributed by atoms with E-state index < -0.39 is 0 Å². The summed E-state index contributed by atoms with van der Waals surface area (Å²) in [6, 6.07) is 6.19. The molecule has 6 nitrogen and oxygen atoms in total. The SMILES string of the molecule is COc1ccc2c(c1)N(CCN1CC[C@H](N)[C@H](OC)C1)CC=N2. The molecule has 1 fully saturated rings. The highest BCUT2D eigenvalue weighted by molar-refractivity contribution is 5.82. The van der Waals surface area contributed by atoms with Crippen LogP contribution in [0, 0.1) is 0 Å². The van der Waals surface area contributed by atoms with Crippen molar-refractivity contribution in [2.75, 3.05) is 51.8 Å². The van der Waals surface area contributed by atoms with Gasteiger partial charge in [0.1, 0.15) is 5.75 Å². The van der Waals surface area contributed by atoms with E-state index >= 15 is 0 Å². The molecule has 23 heavy (non-hydrogen) atoms. The van der Waals surface area contributed by atoms with E-state index in [9.17, 15) is 0 Å². The molecule has 0 unspecified atom stereocenters. The minimum atomic E-state index is 0.138. The van der Waals surface area contributed by atoms with E-state index in [1.54, 1.807) is 14.2 Å². The fraction of sp³-hybridized carbons (Fsp3) is 0.588. The third kappa shape index (κ3) is 3.65. The lowest BCUT2D eigenvalue weighted by molar-refractivity contribution is 0.0178. The van der Waals surface area contributed by atoms with Gasteiger partial charge in [0.15, 0.2) is 0 Å². The lowest BCUT2D eigenvalue weighted by Crippen LogP contribution is -2.52. The highest BCUT2D eigenvalue weighted by Gasteiger charge is 2.26. The predicted octanol–water partition coefficient (Wildman–Crippen LogP) is 1.27. The van der Waals surface area contributed by atoms with Gasteiger partial charge >= 0.3 is 0 Å². The van der Waals surface area contributed by atoms with Crippen LogP contribution in [-0.4, -0.2) is 70.2 Å². The lowest BCUT2D eigenvalue weighted by atomic mass is 10.0. The van der Waals surface area contributed by atoms with Crippen molar-refractivity contribution in [2.24, 2.45) is 10.7 Å². The topological polar surface area (TPSA) is 63.3 Å². The largest absolute Gasteiger partial charge is 0.497 e. The number of nitrogens with zero attached hydrogens (tertiary/aromatic N) is 3.